The van der Waals surface area contributed by atoms with Gasteiger partial charge in [-0.25, -0.2) is 0 Å². The summed E-state index contributed by atoms with van der Waals surface area (Å²) in [5.74, 6) is 2.68. The average molecular weight is 488 g/mol. The number of para-hydroxylation sites is 3. The third kappa shape index (κ3) is 4.94. The number of rotatable bonds is 6. The summed E-state index contributed by atoms with van der Waals surface area (Å²) in [7, 11) is 3.35. The van der Waals surface area contributed by atoms with Crippen LogP contribution < -0.4 is 19.3 Å². The molecule has 1 atom stereocenters. The molecule has 1 amide bonds. The molecule has 3 heterocycles. The fraction of sp³-hybridized carbons (Fsp3) is 0.393. The highest BCUT2D eigenvalue weighted by atomic mass is 16.5. The standard InChI is InChI=1S/C28H33N5O3/c1-35-25-11-5-3-9-22(25)23-13-14-27(30-29-23)33-15-7-8-21(20-33)28(34)32-18-16-31(17-19-32)24-10-4-6-12-26(24)36-2/h3-6,9-14,21H,7-8,15-20H2,1-2H3. The van der Waals surface area contributed by atoms with Crippen LogP contribution >= 0.6 is 0 Å². The summed E-state index contributed by atoms with van der Waals surface area (Å²) in [5, 5.41) is 8.96. The average Bonchev–Trinajstić information content (AvgIpc) is 2.97. The number of piperidine rings is 1. The normalized spacial score (nSPS) is 18.2. The van der Waals surface area contributed by atoms with Gasteiger partial charge in [0.2, 0.25) is 5.91 Å². The smallest absolute Gasteiger partial charge is 0.227 e. The van der Waals surface area contributed by atoms with Gasteiger partial charge in [0.15, 0.2) is 5.82 Å². The Balaban J connectivity index is 1.20. The second-order valence-electron chi connectivity index (χ2n) is 9.25. The zero-order valence-electron chi connectivity index (χ0n) is 21.0. The van der Waals surface area contributed by atoms with Gasteiger partial charge in [-0.3, -0.25) is 4.79 Å². The Morgan fingerprint density at radius 2 is 1.53 bits per heavy atom. The van der Waals surface area contributed by atoms with Crippen molar-refractivity contribution in [2.45, 2.75) is 12.8 Å². The van der Waals surface area contributed by atoms with Crippen molar-refractivity contribution in [1.29, 1.82) is 0 Å². The molecule has 2 saturated heterocycles. The van der Waals surface area contributed by atoms with Gasteiger partial charge in [0, 0.05) is 44.8 Å². The number of hydrogen-bond acceptors (Lipinski definition) is 7. The number of benzene rings is 2. The molecule has 0 N–H and O–H groups in total. The quantitative estimate of drug-likeness (QED) is 0.525. The highest BCUT2D eigenvalue weighted by molar-refractivity contribution is 5.80. The highest BCUT2D eigenvalue weighted by Gasteiger charge is 2.32. The monoisotopic (exact) mass is 487 g/mol. The molecular weight excluding hydrogens is 454 g/mol. The van der Waals surface area contributed by atoms with E-state index in [1.807, 2.05) is 59.5 Å². The van der Waals surface area contributed by atoms with E-state index < -0.39 is 0 Å². The van der Waals surface area contributed by atoms with E-state index >= 15 is 0 Å². The lowest BCUT2D eigenvalue weighted by Crippen LogP contribution is -2.52. The molecule has 8 heteroatoms. The van der Waals surface area contributed by atoms with Crippen LogP contribution in [-0.4, -0.2) is 74.5 Å². The van der Waals surface area contributed by atoms with E-state index in [0.29, 0.717) is 6.54 Å². The molecule has 0 saturated carbocycles. The minimum Gasteiger partial charge on any atom is -0.496 e. The molecule has 36 heavy (non-hydrogen) atoms. The Morgan fingerprint density at radius 1 is 0.806 bits per heavy atom. The predicted molar refractivity (Wildman–Crippen MR) is 141 cm³/mol. The fourth-order valence-electron chi connectivity index (χ4n) is 5.20. The summed E-state index contributed by atoms with van der Waals surface area (Å²) in [6.07, 6.45) is 1.88. The van der Waals surface area contributed by atoms with Crippen LogP contribution in [0.25, 0.3) is 11.3 Å². The fourth-order valence-corrected chi connectivity index (χ4v) is 5.20. The second-order valence-corrected chi connectivity index (χ2v) is 9.25. The van der Waals surface area contributed by atoms with Crippen molar-refractivity contribution >= 4 is 17.4 Å². The summed E-state index contributed by atoms with van der Waals surface area (Å²) in [6, 6.07) is 19.8. The maximum absolute atomic E-state index is 13.4. The van der Waals surface area contributed by atoms with Crippen LogP contribution in [0.1, 0.15) is 12.8 Å². The number of nitrogens with zero attached hydrogens (tertiary/aromatic N) is 5. The Morgan fingerprint density at radius 3 is 2.25 bits per heavy atom. The van der Waals surface area contributed by atoms with Gasteiger partial charge in [-0.2, -0.15) is 0 Å². The van der Waals surface area contributed by atoms with Crippen LogP contribution in [-0.2, 0) is 4.79 Å². The molecule has 2 aliphatic rings. The number of methoxy groups -OCH3 is 2. The van der Waals surface area contributed by atoms with E-state index in [9.17, 15) is 4.79 Å². The van der Waals surface area contributed by atoms with E-state index in [0.717, 1.165) is 79.8 Å². The van der Waals surface area contributed by atoms with Gasteiger partial charge in [-0.15, -0.1) is 10.2 Å². The minimum absolute atomic E-state index is 0.0211. The van der Waals surface area contributed by atoms with Crippen LogP contribution in [0.3, 0.4) is 0 Å². The van der Waals surface area contributed by atoms with Crippen molar-refractivity contribution in [2.75, 3.05) is 63.3 Å². The molecule has 1 aromatic heterocycles. The number of amides is 1. The highest BCUT2D eigenvalue weighted by Crippen LogP contribution is 2.31. The molecule has 0 spiro atoms. The van der Waals surface area contributed by atoms with Gasteiger partial charge in [-0.1, -0.05) is 24.3 Å². The first-order valence-electron chi connectivity index (χ1n) is 12.6. The maximum atomic E-state index is 13.4. The summed E-state index contributed by atoms with van der Waals surface area (Å²) in [4.78, 5) is 19.9. The molecule has 0 bridgehead atoms. The first-order valence-corrected chi connectivity index (χ1v) is 12.6. The first kappa shape index (κ1) is 23.9. The Bertz CT molecular complexity index is 1180. The number of piperazine rings is 1. The molecule has 0 aliphatic carbocycles. The van der Waals surface area contributed by atoms with Gasteiger partial charge in [-0.05, 0) is 49.2 Å². The van der Waals surface area contributed by atoms with Crippen molar-refractivity contribution in [3.05, 3.63) is 60.7 Å². The van der Waals surface area contributed by atoms with Gasteiger partial charge in [0.25, 0.3) is 0 Å². The number of aromatic nitrogens is 2. The largest absolute Gasteiger partial charge is 0.496 e. The zero-order chi connectivity index (χ0) is 24.9. The van der Waals surface area contributed by atoms with Crippen LogP contribution in [0.5, 0.6) is 11.5 Å². The second kappa shape index (κ2) is 10.8. The molecule has 2 aromatic carbocycles. The van der Waals surface area contributed by atoms with Crippen molar-refractivity contribution < 1.29 is 14.3 Å². The number of carbonyl (C=O) groups is 1. The first-order chi connectivity index (χ1) is 17.7. The molecule has 2 fully saturated rings. The topological polar surface area (TPSA) is 71.0 Å². The SMILES string of the molecule is COc1ccccc1-c1ccc(N2CCCC(C(=O)N3CCN(c4ccccc4OC)CC3)C2)nn1. The third-order valence-corrected chi connectivity index (χ3v) is 7.15. The number of anilines is 2. The number of hydrogen-bond donors (Lipinski definition) is 0. The van der Waals surface area contributed by atoms with E-state index in [4.69, 9.17) is 9.47 Å². The molecule has 3 aromatic rings. The van der Waals surface area contributed by atoms with Crippen molar-refractivity contribution in [3.63, 3.8) is 0 Å². The lowest BCUT2D eigenvalue weighted by molar-refractivity contribution is -0.136. The summed E-state index contributed by atoms with van der Waals surface area (Å²) in [5.41, 5.74) is 2.78. The van der Waals surface area contributed by atoms with Crippen LogP contribution in [0.15, 0.2) is 60.7 Å². The van der Waals surface area contributed by atoms with Gasteiger partial charge in [0.05, 0.1) is 31.5 Å². The lowest BCUT2D eigenvalue weighted by Gasteiger charge is -2.40. The molecule has 5 rings (SSSR count). The van der Waals surface area contributed by atoms with E-state index in [1.54, 1.807) is 14.2 Å². The Hall–Kier alpha value is -3.81. The Labute approximate surface area is 212 Å². The van der Waals surface area contributed by atoms with Crippen LogP contribution in [0.2, 0.25) is 0 Å². The third-order valence-electron chi connectivity index (χ3n) is 7.15. The summed E-state index contributed by atoms with van der Waals surface area (Å²) < 4.78 is 11.0. The van der Waals surface area contributed by atoms with E-state index in [1.165, 1.54) is 0 Å². The van der Waals surface area contributed by atoms with Gasteiger partial charge >= 0.3 is 0 Å². The Kier molecular flexibility index (Phi) is 7.21. The van der Waals surface area contributed by atoms with Gasteiger partial charge in [0.1, 0.15) is 11.5 Å². The summed E-state index contributed by atoms with van der Waals surface area (Å²) in [6.45, 7) is 4.61. The van der Waals surface area contributed by atoms with E-state index in [2.05, 4.69) is 26.1 Å². The van der Waals surface area contributed by atoms with Crippen molar-refractivity contribution in [3.8, 4) is 22.8 Å². The number of ether oxygens (including phenoxy) is 2. The zero-order valence-corrected chi connectivity index (χ0v) is 21.0. The maximum Gasteiger partial charge on any atom is 0.227 e. The minimum atomic E-state index is -0.0211. The molecule has 1 unspecified atom stereocenters. The van der Waals surface area contributed by atoms with Crippen molar-refractivity contribution in [1.82, 2.24) is 15.1 Å². The van der Waals surface area contributed by atoms with Gasteiger partial charge < -0.3 is 24.2 Å². The molecule has 188 valence electrons. The van der Waals surface area contributed by atoms with Crippen LogP contribution in [0, 0.1) is 5.92 Å². The van der Waals surface area contributed by atoms with Crippen molar-refractivity contribution in [2.24, 2.45) is 5.92 Å². The number of carbonyl (C=O) groups excluding carboxylic acids is 1. The molecular formula is C28H33N5O3. The molecule has 2 aliphatic heterocycles. The summed E-state index contributed by atoms with van der Waals surface area (Å²) >= 11 is 0. The van der Waals surface area contributed by atoms with Crippen LogP contribution in [0.4, 0.5) is 11.5 Å². The molecule has 8 nitrogen and oxygen atoms in total. The molecule has 0 radical (unpaired) electrons. The van der Waals surface area contributed by atoms with E-state index in [-0.39, 0.29) is 11.8 Å². The lowest BCUT2D eigenvalue weighted by atomic mass is 9.96. The predicted octanol–water partition coefficient (Wildman–Crippen LogP) is 3.73.